The first-order valence-corrected chi connectivity index (χ1v) is 5.11. The third kappa shape index (κ3) is 3.51. The van der Waals surface area contributed by atoms with Crippen molar-refractivity contribution in [2.45, 2.75) is 13.0 Å². The molecule has 0 fully saturated rings. The molecule has 2 N–H and O–H groups in total. The zero-order chi connectivity index (χ0) is 12.1. The number of aromatic nitrogens is 1. The van der Waals surface area contributed by atoms with Crippen molar-refractivity contribution in [3.05, 3.63) is 23.9 Å². The molecule has 1 aromatic heterocycles. The molecule has 88 valence electrons. The van der Waals surface area contributed by atoms with Crippen LogP contribution in [0.2, 0.25) is 0 Å². The minimum atomic E-state index is -0.555. The molecule has 0 aromatic carbocycles. The van der Waals surface area contributed by atoms with Gasteiger partial charge in [-0.25, -0.2) is 4.98 Å². The lowest BCUT2D eigenvalue weighted by Crippen LogP contribution is -2.31. The number of aliphatic hydroxyl groups excluding tert-OH is 1. The molecule has 1 amide bonds. The number of carbonyl (C=O) groups is 1. The maximum atomic E-state index is 11.6. The van der Waals surface area contributed by atoms with Gasteiger partial charge >= 0.3 is 0 Å². The second-order valence-electron chi connectivity index (χ2n) is 3.83. The Balaban J connectivity index is 2.72. The molecular formula is C11H17N3O2. The van der Waals surface area contributed by atoms with E-state index in [1.807, 2.05) is 25.1 Å². The molecule has 1 heterocycles. The van der Waals surface area contributed by atoms with Crippen LogP contribution < -0.4 is 10.2 Å². The van der Waals surface area contributed by atoms with Crippen LogP contribution in [-0.4, -0.2) is 42.7 Å². The maximum absolute atomic E-state index is 11.6. The summed E-state index contributed by atoms with van der Waals surface area (Å²) in [6, 6.07) is 5.25. The van der Waals surface area contributed by atoms with E-state index in [1.54, 1.807) is 19.1 Å². The summed E-state index contributed by atoms with van der Waals surface area (Å²) < 4.78 is 0. The summed E-state index contributed by atoms with van der Waals surface area (Å²) in [7, 11) is 3.72. The molecule has 16 heavy (non-hydrogen) atoms. The average Bonchev–Trinajstić information content (AvgIpc) is 2.26. The van der Waals surface area contributed by atoms with E-state index in [1.165, 1.54) is 0 Å². The standard InChI is InChI=1S/C11H17N3O2/c1-8(15)7-12-11(16)9-5-4-6-10(13-9)14(2)3/h4-6,8,15H,7H2,1-3H3,(H,12,16). The molecule has 0 radical (unpaired) electrons. The van der Waals surface area contributed by atoms with Crippen LogP contribution in [0.15, 0.2) is 18.2 Å². The number of anilines is 1. The molecule has 1 unspecified atom stereocenters. The highest BCUT2D eigenvalue weighted by molar-refractivity contribution is 5.92. The van der Waals surface area contributed by atoms with Crippen LogP contribution in [0.4, 0.5) is 5.82 Å². The minimum absolute atomic E-state index is 0.229. The summed E-state index contributed by atoms with van der Waals surface area (Å²) in [4.78, 5) is 17.6. The molecule has 5 heteroatoms. The summed E-state index contributed by atoms with van der Waals surface area (Å²) in [5, 5.41) is 11.6. The molecule has 0 spiro atoms. The van der Waals surface area contributed by atoms with Crippen LogP contribution in [0, 0.1) is 0 Å². The Kier molecular flexibility index (Phi) is 4.25. The van der Waals surface area contributed by atoms with E-state index in [0.717, 1.165) is 5.82 Å². The molecule has 1 rings (SSSR count). The van der Waals surface area contributed by atoms with Crippen molar-refractivity contribution in [1.29, 1.82) is 0 Å². The molecule has 0 aliphatic carbocycles. The fourth-order valence-electron chi connectivity index (χ4n) is 1.13. The number of nitrogens with zero attached hydrogens (tertiary/aromatic N) is 2. The van der Waals surface area contributed by atoms with E-state index in [-0.39, 0.29) is 12.5 Å². The van der Waals surface area contributed by atoms with Crippen LogP contribution in [-0.2, 0) is 0 Å². The third-order valence-corrected chi connectivity index (χ3v) is 1.98. The zero-order valence-corrected chi connectivity index (χ0v) is 9.77. The van der Waals surface area contributed by atoms with E-state index in [2.05, 4.69) is 10.3 Å². The zero-order valence-electron chi connectivity index (χ0n) is 9.77. The smallest absolute Gasteiger partial charge is 0.270 e. The van der Waals surface area contributed by atoms with Crippen molar-refractivity contribution in [1.82, 2.24) is 10.3 Å². The van der Waals surface area contributed by atoms with Crippen LogP contribution in [0.25, 0.3) is 0 Å². The fraction of sp³-hybridized carbons (Fsp3) is 0.455. The number of hydrogen-bond donors (Lipinski definition) is 2. The number of amides is 1. The predicted octanol–water partition coefficient (Wildman–Crippen LogP) is 0.258. The van der Waals surface area contributed by atoms with E-state index in [4.69, 9.17) is 5.11 Å². The molecule has 0 saturated carbocycles. The van der Waals surface area contributed by atoms with Crippen molar-refractivity contribution in [3.8, 4) is 0 Å². The lowest BCUT2D eigenvalue weighted by molar-refractivity contribution is 0.0919. The van der Waals surface area contributed by atoms with Crippen molar-refractivity contribution < 1.29 is 9.90 Å². The average molecular weight is 223 g/mol. The highest BCUT2D eigenvalue weighted by Gasteiger charge is 2.08. The van der Waals surface area contributed by atoms with Crippen molar-refractivity contribution in [2.24, 2.45) is 0 Å². The SMILES string of the molecule is CC(O)CNC(=O)c1cccc(N(C)C)n1. The van der Waals surface area contributed by atoms with E-state index in [9.17, 15) is 4.79 Å². The Morgan fingerprint density at radius 1 is 1.56 bits per heavy atom. The van der Waals surface area contributed by atoms with Crippen LogP contribution >= 0.6 is 0 Å². The van der Waals surface area contributed by atoms with Gasteiger partial charge < -0.3 is 15.3 Å². The summed E-state index contributed by atoms with van der Waals surface area (Å²) in [6.07, 6.45) is -0.555. The van der Waals surface area contributed by atoms with Crippen molar-refractivity contribution in [3.63, 3.8) is 0 Å². The van der Waals surface area contributed by atoms with Crippen LogP contribution in [0.1, 0.15) is 17.4 Å². The number of rotatable bonds is 4. The van der Waals surface area contributed by atoms with Gasteiger partial charge in [-0.2, -0.15) is 0 Å². The Labute approximate surface area is 95.1 Å². The van der Waals surface area contributed by atoms with Crippen LogP contribution in [0.5, 0.6) is 0 Å². The Hall–Kier alpha value is -1.62. The molecule has 0 saturated heterocycles. The van der Waals surface area contributed by atoms with Gasteiger partial charge in [-0.15, -0.1) is 0 Å². The number of pyridine rings is 1. The molecule has 1 aromatic rings. The highest BCUT2D eigenvalue weighted by atomic mass is 16.3. The van der Waals surface area contributed by atoms with E-state index < -0.39 is 6.10 Å². The normalized spacial score (nSPS) is 12.0. The van der Waals surface area contributed by atoms with E-state index in [0.29, 0.717) is 5.69 Å². The first-order chi connectivity index (χ1) is 7.50. The molecule has 0 bridgehead atoms. The highest BCUT2D eigenvalue weighted by Crippen LogP contribution is 2.07. The number of carbonyl (C=O) groups excluding carboxylic acids is 1. The van der Waals surface area contributed by atoms with Gasteiger partial charge in [0.2, 0.25) is 0 Å². The molecule has 1 atom stereocenters. The Morgan fingerprint density at radius 3 is 2.81 bits per heavy atom. The first kappa shape index (κ1) is 12.4. The first-order valence-electron chi connectivity index (χ1n) is 5.11. The topological polar surface area (TPSA) is 65.5 Å². The number of aliphatic hydroxyl groups is 1. The molecule has 0 aliphatic heterocycles. The second kappa shape index (κ2) is 5.46. The lowest BCUT2D eigenvalue weighted by atomic mass is 10.3. The fourth-order valence-corrected chi connectivity index (χ4v) is 1.13. The van der Waals surface area contributed by atoms with Gasteiger partial charge in [-0.1, -0.05) is 6.07 Å². The van der Waals surface area contributed by atoms with Crippen molar-refractivity contribution in [2.75, 3.05) is 25.5 Å². The van der Waals surface area contributed by atoms with Gasteiger partial charge in [0, 0.05) is 20.6 Å². The Morgan fingerprint density at radius 2 is 2.25 bits per heavy atom. The summed E-state index contributed by atoms with van der Waals surface area (Å²) in [6.45, 7) is 1.84. The molecule has 0 aliphatic rings. The molecule has 5 nitrogen and oxygen atoms in total. The van der Waals surface area contributed by atoms with Gasteiger partial charge in [-0.05, 0) is 19.1 Å². The summed E-state index contributed by atoms with van der Waals surface area (Å²) in [5.74, 6) is 0.453. The second-order valence-corrected chi connectivity index (χ2v) is 3.83. The largest absolute Gasteiger partial charge is 0.392 e. The minimum Gasteiger partial charge on any atom is -0.392 e. The van der Waals surface area contributed by atoms with Gasteiger partial charge in [0.05, 0.1) is 6.10 Å². The lowest BCUT2D eigenvalue weighted by Gasteiger charge is -2.12. The quantitative estimate of drug-likeness (QED) is 0.768. The van der Waals surface area contributed by atoms with Crippen LogP contribution in [0.3, 0.4) is 0 Å². The van der Waals surface area contributed by atoms with E-state index >= 15 is 0 Å². The molecular weight excluding hydrogens is 206 g/mol. The maximum Gasteiger partial charge on any atom is 0.270 e. The van der Waals surface area contributed by atoms with Gasteiger partial charge in [0.1, 0.15) is 11.5 Å². The number of nitrogens with one attached hydrogen (secondary N) is 1. The number of hydrogen-bond acceptors (Lipinski definition) is 4. The predicted molar refractivity (Wildman–Crippen MR) is 62.6 cm³/mol. The van der Waals surface area contributed by atoms with Crippen molar-refractivity contribution >= 4 is 11.7 Å². The summed E-state index contributed by atoms with van der Waals surface area (Å²) >= 11 is 0. The third-order valence-electron chi connectivity index (χ3n) is 1.98. The van der Waals surface area contributed by atoms with Gasteiger partial charge in [0.15, 0.2) is 0 Å². The van der Waals surface area contributed by atoms with Gasteiger partial charge in [-0.3, -0.25) is 4.79 Å². The van der Waals surface area contributed by atoms with Gasteiger partial charge in [0.25, 0.3) is 5.91 Å². The summed E-state index contributed by atoms with van der Waals surface area (Å²) in [5.41, 5.74) is 0.354. The monoisotopic (exact) mass is 223 g/mol. The Bertz CT molecular complexity index is 364.